The van der Waals surface area contributed by atoms with Crippen molar-refractivity contribution in [3.63, 3.8) is 0 Å². The van der Waals surface area contributed by atoms with Crippen molar-refractivity contribution < 1.29 is 24.2 Å². The number of hydrogen-bond donors (Lipinski definition) is 2. The quantitative estimate of drug-likeness (QED) is 0.294. The lowest BCUT2D eigenvalue weighted by atomic mass is 10.1. The molecule has 0 bridgehead atoms. The Labute approximate surface area is 183 Å². The van der Waals surface area contributed by atoms with Crippen molar-refractivity contribution in [3.8, 4) is 40.0 Å². The van der Waals surface area contributed by atoms with Gasteiger partial charge in [-0.15, -0.1) is 0 Å². The Balaban J connectivity index is 1.48. The number of phenols is 1. The summed E-state index contributed by atoms with van der Waals surface area (Å²) in [7, 11) is 1.58. The molecule has 162 valence electrons. The maximum atomic E-state index is 10.7. The van der Waals surface area contributed by atoms with E-state index in [9.17, 15) is 15.2 Å². The first kappa shape index (κ1) is 20.7. The van der Waals surface area contributed by atoms with Crippen LogP contribution >= 0.6 is 0 Å². The molecule has 4 rings (SSSR count). The first-order valence-electron chi connectivity index (χ1n) is 9.58. The van der Waals surface area contributed by atoms with Crippen LogP contribution in [0.25, 0.3) is 11.3 Å². The van der Waals surface area contributed by atoms with E-state index in [0.717, 1.165) is 5.56 Å². The summed E-state index contributed by atoms with van der Waals surface area (Å²) in [5.74, 6) is 2.08. The molecule has 4 aromatic rings. The predicted molar refractivity (Wildman–Crippen MR) is 116 cm³/mol. The van der Waals surface area contributed by atoms with E-state index in [2.05, 4.69) is 10.2 Å². The highest BCUT2D eigenvalue weighted by Gasteiger charge is 2.15. The number of aromatic nitrogens is 2. The number of nitrogens with zero attached hydrogens (tertiary/aromatic N) is 2. The molecule has 0 saturated heterocycles. The van der Waals surface area contributed by atoms with Crippen molar-refractivity contribution in [1.82, 2.24) is 10.2 Å². The van der Waals surface area contributed by atoms with E-state index in [-0.39, 0.29) is 18.0 Å². The van der Waals surface area contributed by atoms with Gasteiger partial charge in [0, 0.05) is 29.8 Å². The molecule has 0 fully saturated rings. The zero-order chi connectivity index (χ0) is 22.5. The highest BCUT2D eigenvalue weighted by molar-refractivity contribution is 5.73. The Morgan fingerprint density at radius 1 is 1.03 bits per heavy atom. The number of aromatic amines is 1. The van der Waals surface area contributed by atoms with E-state index in [1.54, 1.807) is 43.5 Å². The number of aromatic hydroxyl groups is 1. The molecule has 2 N–H and O–H groups in total. The number of methoxy groups -OCH3 is 1. The molecule has 0 spiro atoms. The molecule has 32 heavy (non-hydrogen) atoms. The first-order valence-corrected chi connectivity index (χ1v) is 9.58. The van der Waals surface area contributed by atoms with Crippen LogP contribution < -0.4 is 14.2 Å². The van der Waals surface area contributed by atoms with Crippen LogP contribution in [0.5, 0.6) is 28.7 Å². The van der Waals surface area contributed by atoms with E-state index in [1.165, 1.54) is 24.4 Å². The molecule has 3 aromatic carbocycles. The Hall–Kier alpha value is -4.53. The predicted octanol–water partition coefficient (Wildman–Crippen LogP) is 5.07. The molecule has 0 aliphatic carbocycles. The van der Waals surface area contributed by atoms with Crippen LogP contribution in [0.3, 0.4) is 0 Å². The average molecular weight is 433 g/mol. The molecule has 0 aliphatic rings. The molecule has 0 aliphatic heterocycles. The zero-order valence-electron chi connectivity index (χ0n) is 17.0. The number of phenolic OH excluding ortho intramolecular Hbond substituents is 1. The SMILES string of the molecule is COc1cccc(Oc2cn[nH]c2-c2ccc(OCc3ccc([N+](=O)[O-])cc3)cc2O)c1. The summed E-state index contributed by atoms with van der Waals surface area (Å²) in [6, 6.07) is 18.1. The highest BCUT2D eigenvalue weighted by atomic mass is 16.6. The molecule has 0 atom stereocenters. The highest BCUT2D eigenvalue weighted by Crippen LogP contribution is 2.38. The van der Waals surface area contributed by atoms with Crippen LogP contribution in [-0.2, 0) is 6.61 Å². The van der Waals surface area contributed by atoms with Crippen molar-refractivity contribution in [1.29, 1.82) is 0 Å². The Kier molecular flexibility index (Phi) is 5.89. The molecule has 0 radical (unpaired) electrons. The van der Waals surface area contributed by atoms with Crippen molar-refractivity contribution in [2.75, 3.05) is 7.11 Å². The van der Waals surface area contributed by atoms with Crippen LogP contribution in [0.1, 0.15) is 5.56 Å². The van der Waals surface area contributed by atoms with Crippen molar-refractivity contribution in [2.45, 2.75) is 6.61 Å². The Bertz CT molecular complexity index is 1240. The van der Waals surface area contributed by atoms with Gasteiger partial charge in [0.25, 0.3) is 5.69 Å². The number of non-ortho nitro benzene ring substituents is 1. The number of ether oxygens (including phenoxy) is 3. The van der Waals surface area contributed by atoms with Gasteiger partial charge >= 0.3 is 0 Å². The molecule has 0 amide bonds. The molecule has 9 heteroatoms. The Morgan fingerprint density at radius 2 is 1.81 bits per heavy atom. The van der Waals surface area contributed by atoms with Gasteiger partial charge in [-0.05, 0) is 42.0 Å². The fourth-order valence-electron chi connectivity index (χ4n) is 3.03. The summed E-state index contributed by atoms with van der Waals surface area (Å²) in [5.41, 5.74) is 1.78. The summed E-state index contributed by atoms with van der Waals surface area (Å²) in [6.07, 6.45) is 1.52. The fourth-order valence-corrected chi connectivity index (χ4v) is 3.03. The van der Waals surface area contributed by atoms with E-state index >= 15 is 0 Å². The maximum absolute atomic E-state index is 10.7. The van der Waals surface area contributed by atoms with Gasteiger partial charge in [-0.25, -0.2) is 0 Å². The zero-order valence-corrected chi connectivity index (χ0v) is 17.0. The van der Waals surface area contributed by atoms with Crippen molar-refractivity contribution >= 4 is 5.69 Å². The maximum Gasteiger partial charge on any atom is 0.269 e. The topological polar surface area (TPSA) is 120 Å². The van der Waals surface area contributed by atoms with Gasteiger partial charge in [-0.3, -0.25) is 15.2 Å². The second-order valence-electron chi connectivity index (χ2n) is 6.78. The minimum absolute atomic E-state index is 0.0160. The van der Waals surface area contributed by atoms with Gasteiger partial charge in [0.2, 0.25) is 0 Å². The van der Waals surface area contributed by atoms with Gasteiger partial charge in [0.15, 0.2) is 5.75 Å². The monoisotopic (exact) mass is 433 g/mol. The van der Waals surface area contributed by atoms with Crippen LogP contribution in [0.4, 0.5) is 5.69 Å². The number of nitrogens with one attached hydrogen (secondary N) is 1. The minimum atomic E-state index is -0.455. The van der Waals surface area contributed by atoms with Crippen LogP contribution in [-0.4, -0.2) is 27.3 Å². The average Bonchev–Trinajstić information content (AvgIpc) is 3.25. The third-order valence-electron chi connectivity index (χ3n) is 4.66. The first-order chi connectivity index (χ1) is 15.5. The number of nitro groups is 1. The van der Waals surface area contributed by atoms with Gasteiger partial charge < -0.3 is 19.3 Å². The van der Waals surface area contributed by atoms with E-state index in [0.29, 0.717) is 34.3 Å². The van der Waals surface area contributed by atoms with Gasteiger partial charge in [-0.1, -0.05) is 6.07 Å². The fraction of sp³-hybridized carbons (Fsp3) is 0.0870. The largest absolute Gasteiger partial charge is 0.507 e. The second-order valence-corrected chi connectivity index (χ2v) is 6.78. The lowest BCUT2D eigenvalue weighted by Crippen LogP contribution is -1.96. The Morgan fingerprint density at radius 3 is 2.53 bits per heavy atom. The molecule has 9 nitrogen and oxygen atoms in total. The van der Waals surface area contributed by atoms with E-state index < -0.39 is 4.92 Å². The summed E-state index contributed by atoms with van der Waals surface area (Å²) in [5, 5.41) is 28.2. The van der Waals surface area contributed by atoms with Gasteiger partial charge in [0.1, 0.15) is 35.3 Å². The van der Waals surface area contributed by atoms with E-state index in [1.807, 2.05) is 12.1 Å². The lowest BCUT2D eigenvalue weighted by molar-refractivity contribution is -0.384. The third-order valence-corrected chi connectivity index (χ3v) is 4.66. The molecule has 1 aromatic heterocycles. The molecule has 0 unspecified atom stereocenters. The summed E-state index contributed by atoms with van der Waals surface area (Å²) < 4.78 is 16.8. The van der Waals surface area contributed by atoms with Gasteiger partial charge in [0.05, 0.1) is 18.2 Å². The van der Waals surface area contributed by atoms with Crippen molar-refractivity contribution in [2.24, 2.45) is 0 Å². The second kappa shape index (κ2) is 9.09. The van der Waals surface area contributed by atoms with Gasteiger partial charge in [-0.2, -0.15) is 5.10 Å². The third kappa shape index (κ3) is 4.62. The summed E-state index contributed by atoms with van der Waals surface area (Å²) in [4.78, 5) is 10.3. The molecular weight excluding hydrogens is 414 g/mol. The number of nitro benzene ring substituents is 1. The number of rotatable bonds is 8. The lowest BCUT2D eigenvalue weighted by Gasteiger charge is -2.11. The summed E-state index contributed by atoms with van der Waals surface area (Å²) in [6.45, 7) is 0.199. The molecule has 1 heterocycles. The molecule has 0 saturated carbocycles. The number of benzene rings is 3. The standard InChI is InChI=1S/C23H19N3O6/c1-30-17-3-2-4-19(11-17)32-22-13-24-25-23(22)20-10-9-18(12-21(20)27)31-14-15-5-7-16(8-6-15)26(28)29/h2-13,27H,14H2,1H3,(H,24,25). The summed E-state index contributed by atoms with van der Waals surface area (Å²) >= 11 is 0. The van der Waals surface area contributed by atoms with Crippen LogP contribution in [0.15, 0.2) is 72.9 Å². The van der Waals surface area contributed by atoms with Crippen molar-refractivity contribution in [3.05, 3.63) is 88.6 Å². The van der Waals surface area contributed by atoms with E-state index in [4.69, 9.17) is 14.2 Å². The minimum Gasteiger partial charge on any atom is -0.507 e. The van der Waals surface area contributed by atoms with Crippen LogP contribution in [0.2, 0.25) is 0 Å². The number of H-pyrrole nitrogens is 1. The normalized spacial score (nSPS) is 10.5. The molecular formula is C23H19N3O6. The van der Waals surface area contributed by atoms with Crippen LogP contribution in [0, 0.1) is 10.1 Å². The number of hydrogen-bond acceptors (Lipinski definition) is 7. The smallest absolute Gasteiger partial charge is 0.269 e.